The molecule has 2 aromatic rings. The van der Waals surface area contributed by atoms with Crippen molar-refractivity contribution in [3.05, 3.63) is 29.2 Å². The van der Waals surface area contributed by atoms with E-state index in [0.29, 0.717) is 0 Å². The summed E-state index contributed by atoms with van der Waals surface area (Å²) in [7, 11) is 0. The normalized spacial score (nSPS) is 14.7. The van der Waals surface area contributed by atoms with Crippen LogP contribution in [0.2, 0.25) is 0 Å². The standard InChI is InChI=1S/C14H18N4S2/c1-3-12-17-14(20-18-12)19-13-9(2)6-10(8-16-13)7-15-11-4-5-11/h6,8,11,15H,3-5,7H2,1-2H3. The SMILES string of the molecule is CCc1nsc(Sc2ncc(CNC3CC3)cc2C)n1. The summed E-state index contributed by atoms with van der Waals surface area (Å²) >= 11 is 3.06. The summed E-state index contributed by atoms with van der Waals surface area (Å²) in [5.74, 6) is 0.917. The van der Waals surface area contributed by atoms with E-state index in [4.69, 9.17) is 0 Å². The van der Waals surface area contributed by atoms with Gasteiger partial charge >= 0.3 is 0 Å². The Kier molecular flexibility index (Phi) is 4.33. The molecule has 0 saturated heterocycles. The minimum atomic E-state index is 0.734. The zero-order valence-corrected chi connectivity index (χ0v) is 13.4. The summed E-state index contributed by atoms with van der Waals surface area (Å²) in [6, 6.07) is 2.95. The van der Waals surface area contributed by atoms with Gasteiger partial charge in [-0.1, -0.05) is 13.0 Å². The lowest BCUT2D eigenvalue weighted by molar-refractivity contribution is 0.684. The summed E-state index contributed by atoms with van der Waals surface area (Å²) in [4.78, 5) is 9.04. The fourth-order valence-corrected chi connectivity index (χ4v) is 3.52. The van der Waals surface area contributed by atoms with Crippen molar-refractivity contribution in [1.29, 1.82) is 0 Å². The number of nitrogens with zero attached hydrogens (tertiary/aromatic N) is 3. The summed E-state index contributed by atoms with van der Waals surface area (Å²) in [6.45, 7) is 5.10. The van der Waals surface area contributed by atoms with Crippen LogP contribution in [0, 0.1) is 6.92 Å². The molecule has 0 spiro atoms. The molecule has 20 heavy (non-hydrogen) atoms. The van der Waals surface area contributed by atoms with Crippen LogP contribution in [0.25, 0.3) is 0 Å². The van der Waals surface area contributed by atoms with Gasteiger partial charge in [-0.3, -0.25) is 0 Å². The molecular formula is C14H18N4S2. The topological polar surface area (TPSA) is 50.7 Å². The van der Waals surface area contributed by atoms with E-state index in [2.05, 4.69) is 39.6 Å². The summed E-state index contributed by atoms with van der Waals surface area (Å²) in [5, 5.41) is 4.54. The Morgan fingerprint density at radius 3 is 2.95 bits per heavy atom. The van der Waals surface area contributed by atoms with Crippen LogP contribution in [0.5, 0.6) is 0 Å². The summed E-state index contributed by atoms with van der Waals surface area (Å²) in [5.41, 5.74) is 2.46. The van der Waals surface area contributed by atoms with Crippen LogP contribution < -0.4 is 5.32 Å². The molecular weight excluding hydrogens is 288 g/mol. The van der Waals surface area contributed by atoms with Crippen molar-refractivity contribution in [1.82, 2.24) is 19.7 Å². The highest BCUT2D eigenvalue weighted by Gasteiger charge is 2.20. The predicted molar refractivity (Wildman–Crippen MR) is 82.2 cm³/mol. The Labute approximate surface area is 127 Å². The molecule has 1 saturated carbocycles. The number of aromatic nitrogens is 3. The van der Waals surface area contributed by atoms with Crippen LogP contribution in [0.3, 0.4) is 0 Å². The third-order valence-electron chi connectivity index (χ3n) is 3.21. The molecule has 1 N–H and O–H groups in total. The highest BCUT2D eigenvalue weighted by Crippen LogP contribution is 2.30. The van der Waals surface area contributed by atoms with Gasteiger partial charge in [0, 0.05) is 25.2 Å². The molecule has 0 aromatic carbocycles. The molecule has 106 valence electrons. The molecule has 6 heteroatoms. The number of hydrogen-bond acceptors (Lipinski definition) is 6. The lowest BCUT2D eigenvalue weighted by Crippen LogP contribution is -2.15. The van der Waals surface area contributed by atoms with Crippen LogP contribution in [0.1, 0.15) is 36.7 Å². The molecule has 0 bridgehead atoms. The van der Waals surface area contributed by atoms with Crippen molar-refractivity contribution < 1.29 is 0 Å². The first-order valence-corrected chi connectivity index (χ1v) is 8.53. The lowest BCUT2D eigenvalue weighted by Gasteiger charge is -2.06. The molecule has 1 fully saturated rings. The number of aryl methyl sites for hydroxylation is 2. The Bertz CT molecular complexity index is 593. The minimum absolute atomic E-state index is 0.734. The van der Waals surface area contributed by atoms with E-state index in [-0.39, 0.29) is 0 Å². The van der Waals surface area contributed by atoms with Crippen molar-refractivity contribution in [2.24, 2.45) is 0 Å². The molecule has 2 heterocycles. The van der Waals surface area contributed by atoms with Crippen LogP contribution in [0.4, 0.5) is 0 Å². The first-order chi connectivity index (χ1) is 9.74. The molecule has 4 nitrogen and oxygen atoms in total. The van der Waals surface area contributed by atoms with E-state index >= 15 is 0 Å². The van der Waals surface area contributed by atoms with Crippen molar-refractivity contribution in [2.75, 3.05) is 0 Å². The Morgan fingerprint density at radius 2 is 2.30 bits per heavy atom. The molecule has 0 radical (unpaired) electrons. The van der Waals surface area contributed by atoms with Crippen molar-refractivity contribution in [2.45, 2.75) is 55.1 Å². The molecule has 0 unspecified atom stereocenters. The summed E-state index contributed by atoms with van der Waals surface area (Å²) in [6.07, 6.45) is 5.48. The molecule has 1 aliphatic rings. The van der Waals surface area contributed by atoms with Crippen LogP contribution >= 0.6 is 23.3 Å². The molecule has 0 atom stereocenters. The number of rotatable bonds is 6. The monoisotopic (exact) mass is 306 g/mol. The van der Waals surface area contributed by atoms with Crippen molar-refractivity contribution in [3.63, 3.8) is 0 Å². The Balaban J connectivity index is 1.66. The fraction of sp³-hybridized carbons (Fsp3) is 0.500. The maximum atomic E-state index is 4.57. The minimum Gasteiger partial charge on any atom is -0.310 e. The van der Waals surface area contributed by atoms with E-state index in [1.54, 1.807) is 11.8 Å². The van der Waals surface area contributed by atoms with E-state index in [0.717, 1.165) is 34.2 Å². The zero-order chi connectivity index (χ0) is 13.9. The first-order valence-electron chi connectivity index (χ1n) is 6.94. The van der Waals surface area contributed by atoms with Gasteiger partial charge < -0.3 is 5.32 Å². The Morgan fingerprint density at radius 1 is 1.45 bits per heavy atom. The molecule has 0 amide bonds. The molecule has 0 aliphatic heterocycles. The molecule has 2 aromatic heterocycles. The highest BCUT2D eigenvalue weighted by molar-refractivity contribution is 8.00. The maximum absolute atomic E-state index is 4.57. The van der Waals surface area contributed by atoms with E-state index in [9.17, 15) is 0 Å². The fourth-order valence-electron chi connectivity index (χ4n) is 1.88. The van der Waals surface area contributed by atoms with Crippen molar-refractivity contribution in [3.8, 4) is 0 Å². The maximum Gasteiger partial charge on any atom is 0.176 e. The van der Waals surface area contributed by atoms with Gasteiger partial charge in [-0.25, -0.2) is 9.97 Å². The largest absolute Gasteiger partial charge is 0.310 e. The average Bonchev–Trinajstić information content (AvgIpc) is 3.17. The second kappa shape index (κ2) is 6.20. The van der Waals surface area contributed by atoms with Crippen LogP contribution in [0.15, 0.2) is 21.6 Å². The van der Waals surface area contributed by atoms with Gasteiger partial charge in [-0.05, 0) is 54.2 Å². The lowest BCUT2D eigenvalue weighted by atomic mass is 10.2. The Hall–Kier alpha value is -0.980. The zero-order valence-electron chi connectivity index (χ0n) is 11.7. The van der Waals surface area contributed by atoms with E-state index in [1.807, 2.05) is 6.20 Å². The number of pyridine rings is 1. The third kappa shape index (κ3) is 3.56. The molecule has 1 aliphatic carbocycles. The predicted octanol–water partition coefficient (Wildman–Crippen LogP) is 3.21. The number of nitrogens with one attached hydrogen (secondary N) is 1. The van der Waals surface area contributed by atoms with Gasteiger partial charge in [-0.2, -0.15) is 4.37 Å². The first kappa shape index (κ1) is 14.0. The van der Waals surface area contributed by atoms with E-state index < -0.39 is 0 Å². The van der Waals surface area contributed by atoms with Gasteiger partial charge in [0.2, 0.25) is 0 Å². The van der Waals surface area contributed by atoms with Gasteiger partial charge in [0.1, 0.15) is 10.9 Å². The van der Waals surface area contributed by atoms with Crippen LogP contribution in [-0.2, 0) is 13.0 Å². The molecule has 3 rings (SSSR count). The van der Waals surface area contributed by atoms with Crippen LogP contribution in [-0.4, -0.2) is 20.4 Å². The summed E-state index contributed by atoms with van der Waals surface area (Å²) < 4.78 is 5.28. The third-order valence-corrected chi connectivity index (χ3v) is 5.12. The average molecular weight is 306 g/mol. The van der Waals surface area contributed by atoms with Gasteiger partial charge in [0.05, 0.1) is 0 Å². The second-order valence-corrected chi connectivity index (χ2v) is 7.04. The highest BCUT2D eigenvalue weighted by atomic mass is 32.2. The quantitative estimate of drug-likeness (QED) is 0.888. The van der Waals surface area contributed by atoms with Gasteiger partial charge in [0.25, 0.3) is 0 Å². The smallest absolute Gasteiger partial charge is 0.176 e. The number of hydrogen-bond donors (Lipinski definition) is 1. The van der Waals surface area contributed by atoms with Gasteiger partial charge in [-0.15, -0.1) is 0 Å². The van der Waals surface area contributed by atoms with Gasteiger partial charge in [0.15, 0.2) is 4.34 Å². The van der Waals surface area contributed by atoms with Crippen molar-refractivity contribution >= 4 is 23.3 Å². The second-order valence-electron chi connectivity index (χ2n) is 5.05. The van der Waals surface area contributed by atoms with E-state index in [1.165, 1.54) is 35.5 Å².